The molecule has 0 atom stereocenters. The zero-order valence-corrected chi connectivity index (χ0v) is 10.5. The number of hydrogen-bond acceptors (Lipinski definition) is 3. The molecule has 1 aromatic carbocycles. The number of nitrogens with two attached hydrogens (primary N) is 1. The number of rotatable bonds is 2. The quantitative estimate of drug-likeness (QED) is 0.750. The van der Waals surface area contributed by atoms with Crippen LogP contribution in [0.4, 0.5) is 0 Å². The summed E-state index contributed by atoms with van der Waals surface area (Å²) in [6.07, 6.45) is 1.75. The molecule has 2 heterocycles. The lowest BCUT2D eigenvalue weighted by Gasteiger charge is -1.98. The van der Waals surface area contributed by atoms with Crippen LogP contribution in [0.5, 0.6) is 0 Å². The fraction of sp³-hybridized carbons (Fsp3) is 0.214. The van der Waals surface area contributed by atoms with Crippen LogP contribution in [0.25, 0.3) is 22.2 Å². The van der Waals surface area contributed by atoms with Crippen molar-refractivity contribution in [3.8, 4) is 11.3 Å². The maximum Gasteiger partial charge on any atom is 0.208 e. The Bertz CT molecular complexity index is 709. The molecule has 0 amide bonds. The molecule has 2 aromatic heterocycles. The fourth-order valence-electron chi connectivity index (χ4n) is 2.35. The van der Waals surface area contributed by atoms with Crippen molar-refractivity contribution < 1.29 is 4.42 Å². The molecule has 3 rings (SSSR count). The van der Waals surface area contributed by atoms with Crippen molar-refractivity contribution >= 4 is 10.9 Å². The van der Waals surface area contributed by atoms with Crippen molar-refractivity contribution in [2.45, 2.75) is 13.5 Å². The van der Waals surface area contributed by atoms with Crippen LogP contribution in [0.15, 0.2) is 34.9 Å². The van der Waals surface area contributed by atoms with Crippen molar-refractivity contribution in [1.82, 2.24) is 9.55 Å². The smallest absolute Gasteiger partial charge is 0.208 e. The number of aryl methyl sites for hydroxylation is 1. The van der Waals surface area contributed by atoms with Gasteiger partial charge in [0, 0.05) is 29.2 Å². The fourth-order valence-corrected chi connectivity index (χ4v) is 2.35. The number of nitrogens with zero attached hydrogens (tertiary/aromatic N) is 2. The predicted octanol–water partition coefficient (Wildman–Crippen LogP) is 2.60. The van der Waals surface area contributed by atoms with Gasteiger partial charge in [0.15, 0.2) is 5.76 Å². The van der Waals surface area contributed by atoms with E-state index in [9.17, 15) is 0 Å². The van der Waals surface area contributed by atoms with Crippen LogP contribution in [-0.4, -0.2) is 9.55 Å². The van der Waals surface area contributed by atoms with Crippen LogP contribution in [-0.2, 0) is 13.6 Å². The van der Waals surface area contributed by atoms with Gasteiger partial charge in [-0.15, -0.1) is 0 Å². The minimum atomic E-state index is 0.323. The largest absolute Gasteiger partial charge is 0.439 e. The number of fused-ring (bicyclic) bond motifs is 1. The van der Waals surface area contributed by atoms with Crippen molar-refractivity contribution in [3.05, 3.63) is 42.0 Å². The summed E-state index contributed by atoms with van der Waals surface area (Å²) in [5.41, 5.74) is 8.99. The topological polar surface area (TPSA) is 57.0 Å². The number of benzene rings is 1. The summed E-state index contributed by atoms with van der Waals surface area (Å²) < 4.78 is 7.83. The van der Waals surface area contributed by atoms with E-state index in [0.29, 0.717) is 12.4 Å². The summed E-state index contributed by atoms with van der Waals surface area (Å²) in [4.78, 5) is 4.17. The molecule has 0 spiro atoms. The average Bonchev–Trinajstić information content (AvgIpc) is 2.95. The first kappa shape index (κ1) is 11.0. The third kappa shape index (κ3) is 1.46. The molecule has 0 aliphatic carbocycles. The van der Waals surface area contributed by atoms with Crippen molar-refractivity contribution in [3.63, 3.8) is 0 Å². The highest BCUT2D eigenvalue weighted by Gasteiger charge is 2.16. The number of oxazole rings is 1. The van der Waals surface area contributed by atoms with E-state index in [-0.39, 0.29) is 0 Å². The summed E-state index contributed by atoms with van der Waals surface area (Å²) in [6.45, 7) is 2.41. The van der Waals surface area contributed by atoms with E-state index in [1.54, 1.807) is 6.20 Å². The first-order chi connectivity index (χ1) is 8.72. The molecule has 0 unspecified atom stereocenters. The monoisotopic (exact) mass is 241 g/mol. The molecule has 0 bridgehead atoms. The summed E-state index contributed by atoms with van der Waals surface area (Å²) >= 11 is 0. The highest BCUT2D eigenvalue weighted by Crippen LogP contribution is 2.34. The third-order valence-electron chi connectivity index (χ3n) is 3.37. The molecule has 4 heteroatoms. The van der Waals surface area contributed by atoms with Gasteiger partial charge < -0.3 is 14.7 Å². The summed E-state index contributed by atoms with van der Waals surface area (Å²) in [5.74, 6) is 1.35. The Morgan fingerprint density at radius 2 is 2.11 bits per heavy atom. The molecule has 18 heavy (non-hydrogen) atoms. The Balaban J connectivity index is 2.31. The molecule has 0 aliphatic rings. The van der Waals surface area contributed by atoms with E-state index in [0.717, 1.165) is 17.0 Å². The highest BCUT2D eigenvalue weighted by molar-refractivity contribution is 5.96. The molecular weight excluding hydrogens is 226 g/mol. The van der Waals surface area contributed by atoms with E-state index >= 15 is 0 Å². The Hall–Kier alpha value is -2.07. The van der Waals surface area contributed by atoms with Gasteiger partial charge in [0.2, 0.25) is 5.89 Å². The van der Waals surface area contributed by atoms with Gasteiger partial charge in [-0.2, -0.15) is 0 Å². The zero-order valence-electron chi connectivity index (χ0n) is 10.5. The van der Waals surface area contributed by atoms with E-state index in [2.05, 4.69) is 35.7 Å². The molecular formula is C14H15N3O. The van der Waals surface area contributed by atoms with Gasteiger partial charge in [-0.05, 0) is 13.0 Å². The molecule has 92 valence electrons. The van der Waals surface area contributed by atoms with Gasteiger partial charge in [0.05, 0.1) is 12.7 Å². The molecule has 0 radical (unpaired) electrons. The Morgan fingerprint density at radius 1 is 1.33 bits per heavy atom. The standard InChI is InChI=1S/C14H15N3O/c1-9-14(12-8-16-13(7-15)18-12)10-5-3-4-6-11(10)17(9)2/h3-6,8H,7,15H2,1-2H3. The van der Waals surface area contributed by atoms with Crippen molar-refractivity contribution in [2.75, 3.05) is 0 Å². The second kappa shape index (κ2) is 3.99. The van der Waals surface area contributed by atoms with Crippen LogP contribution in [0.3, 0.4) is 0 Å². The van der Waals surface area contributed by atoms with Crippen LogP contribution in [0.2, 0.25) is 0 Å². The van der Waals surface area contributed by atoms with Gasteiger partial charge in [-0.1, -0.05) is 18.2 Å². The van der Waals surface area contributed by atoms with E-state index in [1.807, 2.05) is 12.1 Å². The first-order valence-corrected chi connectivity index (χ1v) is 5.91. The maximum absolute atomic E-state index is 5.67. The molecule has 2 N–H and O–H groups in total. The molecule has 0 aliphatic heterocycles. The Kier molecular flexibility index (Phi) is 2.45. The van der Waals surface area contributed by atoms with E-state index in [4.69, 9.17) is 10.2 Å². The lowest BCUT2D eigenvalue weighted by molar-refractivity contribution is 0.509. The Morgan fingerprint density at radius 3 is 2.83 bits per heavy atom. The van der Waals surface area contributed by atoms with E-state index in [1.165, 1.54) is 10.9 Å². The van der Waals surface area contributed by atoms with Crippen molar-refractivity contribution in [1.29, 1.82) is 0 Å². The maximum atomic E-state index is 5.67. The second-order valence-corrected chi connectivity index (χ2v) is 4.36. The minimum Gasteiger partial charge on any atom is -0.439 e. The predicted molar refractivity (Wildman–Crippen MR) is 71.0 cm³/mol. The lowest BCUT2D eigenvalue weighted by atomic mass is 10.1. The molecule has 0 saturated heterocycles. The normalized spacial score (nSPS) is 11.3. The lowest BCUT2D eigenvalue weighted by Crippen LogP contribution is -1.94. The first-order valence-electron chi connectivity index (χ1n) is 5.91. The van der Waals surface area contributed by atoms with Gasteiger partial charge in [-0.25, -0.2) is 4.98 Å². The SMILES string of the molecule is Cc1c(-c2cnc(CN)o2)c2ccccc2n1C. The van der Waals surface area contributed by atoms with Gasteiger partial charge in [0.25, 0.3) is 0 Å². The molecule has 4 nitrogen and oxygen atoms in total. The average molecular weight is 241 g/mol. The number of hydrogen-bond donors (Lipinski definition) is 1. The van der Waals surface area contributed by atoms with Crippen LogP contribution in [0, 0.1) is 6.92 Å². The van der Waals surface area contributed by atoms with E-state index < -0.39 is 0 Å². The minimum absolute atomic E-state index is 0.323. The number of para-hydroxylation sites is 1. The Labute approximate surface area is 105 Å². The third-order valence-corrected chi connectivity index (χ3v) is 3.37. The molecule has 0 fully saturated rings. The summed E-state index contributed by atoms with van der Waals surface area (Å²) in [6, 6.07) is 8.27. The summed E-state index contributed by atoms with van der Waals surface area (Å²) in [7, 11) is 2.06. The molecule has 3 aromatic rings. The van der Waals surface area contributed by atoms with Gasteiger partial charge >= 0.3 is 0 Å². The van der Waals surface area contributed by atoms with Crippen LogP contribution in [0.1, 0.15) is 11.6 Å². The van der Waals surface area contributed by atoms with Crippen LogP contribution >= 0.6 is 0 Å². The van der Waals surface area contributed by atoms with Gasteiger partial charge in [-0.3, -0.25) is 0 Å². The van der Waals surface area contributed by atoms with Crippen molar-refractivity contribution in [2.24, 2.45) is 12.8 Å². The second-order valence-electron chi connectivity index (χ2n) is 4.36. The number of aromatic nitrogens is 2. The summed E-state index contributed by atoms with van der Waals surface area (Å²) in [5, 5.41) is 1.18. The van der Waals surface area contributed by atoms with Crippen LogP contribution < -0.4 is 5.73 Å². The highest BCUT2D eigenvalue weighted by atomic mass is 16.4. The molecule has 0 saturated carbocycles. The zero-order chi connectivity index (χ0) is 12.7. The van der Waals surface area contributed by atoms with Gasteiger partial charge in [0.1, 0.15) is 0 Å².